The van der Waals surface area contributed by atoms with Gasteiger partial charge in [0.25, 0.3) is 0 Å². The first kappa shape index (κ1) is 19.8. The number of carbonyl (C=O) groups is 1. The van der Waals surface area contributed by atoms with Gasteiger partial charge in [0.05, 0.1) is 32.6 Å². The molecule has 146 valence electrons. The molecule has 0 spiro atoms. The number of Topliss-reactive ketones (excluding diaryl/α,β-unsaturated/α-hetero) is 1. The van der Waals surface area contributed by atoms with Crippen molar-refractivity contribution in [3.05, 3.63) is 48.0 Å². The van der Waals surface area contributed by atoms with Gasteiger partial charge in [-0.25, -0.2) is 0 Å². The Morgan fingerprint density at radius 2 is 1.64 bits per heavy atom. The summed E-state index contributed by atoms with van der Waals surface area (Å²) in [6, 6.07) is 12.7. The van der Waals surface area contributed by atoms with Gasteiger partial charge in [-0.05, 0) is 42.5 Å². The summed E-state index contributed by atoms with van der Waals surface area (Å²) in [6.07, 6.45) is 0. The van der Waals surface area contributed by atoms with Crippen LogP contribution in [0.2, 0.25) is 0 Å². The van der Waals surface area contributed by atoms with Crippen molar-refractivity contribution in [1.82, 2.24) is 14.8 Å². The molecule has 0 aliphatic heterocycles. The molecule has 28 heavy (non-hydrogen) atoms. The number of nitrogens with zero attached hydrogens (tertiary/aromatic N) is 3. The molecule has 1 heterocycles. The fourth-order valence-electron chi connectivity index (χ4n) is 2.67. The zero-order valence-electron chi connectivity index (χ0n) is 16.1. The first-order valence-electron chi connectivity index (χ1n) is 8.49. The molecule has 0 bridgehead atoms. The molecule has 0 saturated carbocycles. The van der Waals surface area contributed by atoms with E-state index < -0.39 is 0 Å². The van der Waals surface area contributed by atoms with E-state index in [1.807, 2.05) is 35.9 Å². The van der Waals surface area contributed by atoms with Gasteiger partial charge in [-0.2, -0.15) is 0 Å². The molecule has 3 aromatic rings. The molecule has 0 atom stereocenters. The Morgan fingerprint density at radius 1 is 0.964 bits per heavy atom. The van der Waals surface area contributed by atoms with Crippen LogP contribution in [0.3, 0.4) is 0 Å². The average Bonchev–Trinajstić information content (AvgIpc) is 3.11. The lowest BCUT2D eigenvalue weighted by molar-refractivity contribution is 0.101. The normalized spacial score (nSPS) is 10.6. The predicted octanol–water partition coefficient (Wildman–Crippen LogP) is 3.48. The summed E-state index contributed by atoms with van der Waals surface area (Å²) < 4.78 is 17.5. The molecule has 0 amide bonds. The van der Waals surface area contributed by atoms with Gasteiger partial charge < -0.3 is 18.8 Å². The van der Waals surface area contributed by atoms with Gasteiger partial charge in [0.2, 0.25) is 0 Å². The van der Waals surface area contributed by atoms with Crippen LogP contribution in [0.4, 0.5) is 0 Å². The maximum atomic E-state index is 12.7. The number of hydrogen-bond donors (Lipinski definition) is 0. The Hall–Kier alpha value is -3.00. The summed E-state index contributed by atoms with van der Waals surface area (Å²) in [7, 11) is 6.60. The SMILES string of the molecule is COc1ccc(-c2nnc(SCC(=O)c3cc(OC)ccc3OC)n2C)cc1. The molecule has 0 saturated heterocycles. The second-order valence-electron chi connectivity index (χ2n) is 5.87. The number of ketones is 1. The second-order valence-corrected chi connectivity index (χ2v) is 6.81. The van der Waals surface area contributed by atoms with E-state index in [2.05, 4.69) is 10.2 Å². The van der Waals surface area contributed by atoms with E-state index in [1.54, 1.807) is 32.4 Å². The van der Waals surface area contributed by atoms with Crippen LogP contribution in [-0.4, -0.2) is 47.6 Å². The molecule has 0 fully saturated rings. The Labute approximate surface area is 167 Å². The Kier molecular flexibility index (Phi) is 6.20. The zero-order valence-corrected chi connectivity index (χ0v) is 16.9. The summed E-state index contributed by atoms with van der Waals surface area (Å²) in [4.78, 5) is 12.7. The number of rotatable bonds is 8. The molecule has 8 heteroatoms. The van der Waals surface area contributed by atoms with E-state index in [1.165, 1.54) is 18.9 Å². The largest absolute Gasteiger partial charge is 0.497 e. The van der Waals surface area contributed by atoms with Crippen molar-refractivity contribution < 1.29 is 19.0 Å². The van der Waals surface area contributed by atoms with Gasteiger partial charge in [0.1, 0.15) is 17.2 Å². The number of benzene rings is 2. The number of methoxy groups -OCH3 is 3. The second kappa shape index (κ2) is 8.79. The highest BCUT2D eigenvalue weighted by atomic mass is 32.2. The van der Waals surface area contributed by atoms with Gasteiger partial charge >= 0.3 is 0 Å². The van der Waals surface area contributed by atoms with Crippen molar-refractivity contribution >= 4 is 17.5 Å². The summed E-state index contributed by atoms with van der Waals surface area (Å²) in [5.41, 5.74) is 1.40. The Bertz CT molecular complexity index is 970. The molecule has 2 aromatic carbocycles. The van der Waals surface area contributed by atoms with Crippen molar-refractivity contribution in [3.63, 3.8) is 0 Å². The van der Waals surface area contributed by atoms with Crippen molar-refractivity contribution in [1.29, 1.82) is 0 Å². The number of thioether (sulfide) groups is 1. The van der Waals surface area contributed by atoms with Crippen LogP contribution in [0.25, 0.3) is 11.4 Å². The molecule has 0 N–H and O–H groups in total. The lowest BCUT2D eigenvalue weighted by Gasteiger charge is -2.09. The Morgan fingerprint density at radius 3 is 2.29 bits per heavy atom. The molecular formula is C20H21N3O4S. The number of ether oxygens (including phenoxy) is 3. The van der Waals surface area contributed by atoms with Crippen LogP contribution in [0.15, 0.2) is 47.6 Å². The first-order valence-corrected chi connectivity index (χ1v) is 9.47. The van der Waals surface area contributed by atoms with Crippen LogP contribution in [0.5, 0.6) is 17.2 Å². The number of aromatic nitrogens is 3. The van der Waals surface area contributed by atoms with Gasteiger partial charge in [-0.3, -0.25) is 4.79 Å². The molecule has 1 aromatic heterocycles. The van der Waals surface area contributed by atoms with E-state index in [0.717, 1.165) is 17.1 Å². The van der Waals surface area contributed by atoms with Gasteiger partial charge in [0.15, 0.2) is 16.8 Å². The molecule has 7 nitrogen and oxygen atoms in total. The topological polar surface area (TPSA) is 75.5 Å². The third-order valence-corrected chi connectivity index (χ3v) is 5.24. The minimum absolute atomic E-state index is 0.0743. The molecule has 0 radical (unpaired) electrons. The summed E-state index contributed by atoms with van der Waals surface area (Å²) >= 11 is 1.32. The van der Waals surface area contributed by atoms with Gasteiger partial charge in [-0.1, -0.05) is 11.8 Å². The van der Waals surface area contributed by atoms with Crippen molar-refractivity contribution in [3.8, 4) is 28.6 Å². The van der Waals surface area contributed by atoms with Gasteiger partial charge in [0, 0.05) is 12.6 Å². The summed E-state index contributed by atoms with van der Waals surface area (Å²) in [5, 5.41) is 9.12. The molecule has 3 rings (SSSR count). The molecule has 0 unspecified atom stereocenters. The highest BCUT2D eigenvalue weighted by molar-refractivity contribution is 7.99. The highest BCUT2D eigenvalue weighted by Gasteiger charge is 2.17. The summed E-state index contributed by atoms with van der Waals surface area (Å²) in [5.74, 6) is 2.75. The van der Waals surface area contributed by atoms with Crippen molar-refractivity contribution in [2.45, 2.75) is 5.16 Å². The minimum Gasteiger partial charge on any atom is -0.497 e. The molecule has 0 aliphatic rings. The third kappa shape index (κ3) is 4.12. The first-order chi connectivity index (χ1) is 13.6. The van der Waals surface area contributed by atoms with Crippen LogP contribution in [0.1, 0.15) is 10.4 Å². The van der Waals surface area contributed by atoms with Crippen LogP contribution < -0.4 is 14.2 Å². The summed E-state index contributed by atoms with van der Waals surface area (Å²) in [6.45, 7) is 0. The predicted molar refractivity (Wildman–Crippen MR) is 108 cm³/mol. The molecular weight excluding hydrogens is 378 g/mol. The van der Waals surface area contributed by atoms with Crippen LogP contribution in [0, 0.1) is 0 Å². The zero-order chi connectivity index (χ0) is 20.1. The highest BCUT2D eigenvalue weighted by Crippen LogP contribution is 2.28. The standard InChI is InChI=1S/C20H21N3O4S/c1-23-19(13-5-7-14(25-2)8-6-13)21-22-20(23)28-12-17(24)16-11-15(26-3)9-10-18(16)27-4/h5-11H,12H2,1-4H3. The van der Waals surface area contributed by atoms with Gasteiger partial charge in [-0.15, -0.1) is 10.2 Å². The van der Waals surface area contributed by atoms with E-state index >= 15 is 0 Å². The average molecular weight is 399 g/mol. The monoisotopic (exact) mass is 399 g/mol. The molecule has 0 aliphatic carbocycles. The fourth-order valence-corrected chi connectivity index (χ4v) is 3.47. The minimum atomic E-state index is -0.0743. The van der Waals surface area contributed by atoms with Crippen molar-refractivity contribution in [2.24, 2.45) is 7.05 Å². The van der Waals surface area contributed by atoms with E-state index in [9.17, 15) is 4.79 Å². The van der Waals surface area contributed by atoms with E-state index in [4.69, 9.17) is 14.2 Å². The number of hydrogen-bond acceptors (Lipinski definition) is 7. The maximum absolute atomic E-state index is 12.7. The fraction of sp³-hybridized carbons (Fsp3) is 0.250. The smallest absolute Gasteiger partial charge is 0.191 e. The lowest BCUT2D eigenvalue weighted by atomic mass is 10.1. The van der Waals surface area contributed by atoms with E-state index in [-0.39, 0.29) is 11.5 Å². The maximum Gasteiger partial charge on any atom is 0.191 e. The quantitative estimate of drug-likeness (QED) is 0.424. The van der Waals surface area contributed by atoms with Crippen LogP contribution >= 0.6 is 11.8 Å². The third-order valence-electron chi connectivity index (χ3n) is 4.22. The number of carbonyl (C=O) groups excluding carboxylic acids is 1. The van der Waals surface area contributed by atoms with E-state index in [0.29, 0.717) is 22.2 Å². The lowest BCUT2D eigenvalue weighted by Crippen LogP contribution is -2.06. The van der Waals surface area contributed by atoms with Crippen molar-refractivity contribution in [2.75, 3.05) is 27.1 Å². The van der Waals surface area contributed by atoms with Crippen LogP contribution in [-0.2, 0) is 7.05 Å². The Balaban J connectivity index is 1.75.